The van der Waals surface area contributed by atoms with Crippen LogP contribution in [0.5, 0.6) is 0 Å². The Morgan fingerprint density at radius 3 is 2.48 bits per heavy atom. The summed E-state index contributed by atoms with van der Waals surface area (Å²) in [6.45, 7) is 3.99. The zero-order valence-electron chi connectivity index (χ0n) is 12.9. The Bertz CT molecular complexity index is 789. The maximum absolute atomic E-state index is 12.4. The van der Waals surface area contributed by atoms with Crippen molar-refractivity contribution in [1.82, 2.24) is 9.97 Å². The summed E-state index contributed by atoms with van der Waals surface area (Å²) in [6, 6.07) is 9.97. The van der Waals surface area contributed by atoms with Crippen molar-refractivity contribution in [1.29, 1.82) is 0 Å². The van der Waals surface area contributed by atoms with Gasteiger partial charge in [-0.1, -0.05) is 15.9 Å². The summed E-state index contributed by atoms with van der Waals surface area (Å²) in [6.07, 6.45) is 3.77. The number of aromatic amines is 2. The lowest BCUT2D eigenvalue weighted by Crippen LogP contribution is -2.28. The smallest absolute Gasteiger partial charge is 0.327 e. The van der Waals surface area contributed by atoms with Gasteiger partial charge in [-0.3, -0.25) is 4.79 Å². The molecule has 3 rings (SSSR count). The van der Waals surface area contributed by atoms with Gasteiger partial charge in [-0.2, -0.15) is 0 Å². The molecule has 0 saturated heterocycles. The van der Waals surface area contributed by atoms with Gasteiger partial charge in [0.1, 0.15) is 4.32 Å². The summed E-state index contributed by atoms with van der Waals surface area (Å²) in [4.78, 5) is 20.9. The van der Waals surface area contributed by atoms with Crippen molar-refractivity contribution in [2.75, 3.05) is 6.61 Å². The second kappa shape index (κ2) is 6.37. The number of carbonyl (C=O) groups is 1. The van der Waals surface area contributed by atoms with Crippen LogP contribution >= 0.6 is 27.3 Å². The quantitative estimate of drug-likeness (QED) is 0.478. The van der Waals surface area contributed by atoms with E-state index in [9.17, 15) is 4.79 Å². The number of ether oxygens (including phenoxy) is 1. The molecule has 0 amide bonds. The summed E-state index contributed by atoms with van der Waals surface area (Å²) in [5.74, 6) is -0.288. The highest BCUT2D eigenvalue weighted by atomic mass is 79.9. The Labute approximate surface area is 147 Å². The SMILES string of the molecule is CCOC(=O)C(C)(Br)c1cc(-c2ccc[nH]2)sc1-c1ccc[nH]1. The average Bonchev–Trinajstić information content (AvgIpc) is 3.26. The van der Waals surface area contributed by atoms with Crippen LogP contribution in [0, 0.1) is 0 Å². The molecular formula is C17H17BrN2O2S. The standard InChI is InChI=1S/C17H17BrN2O2S/c1-3-22-16(21)17(2,18)11-10-14(12-6-4-8-19-12)23-15(11)13-7-5-9-20-13/h4-10,19-20H,3H2,1-2H3. The molecule has 0 bridgehead atoms. The van der Waals surface area contributed by atoms with E-state index in [4.69, 9.17) is 4.74 Å². The maximum Gasteiger partial charge on any atom is 0.327 e. The molecule has 0 saturated carbocycles. The first-order valence-corrected chi connectivity index (χ1v) is 8.93. The minimum Gasteiger partial charge on any atom is -0.465 e. The number of halogens is 1. The number of esters is 1. The van der Waals surface area contributed by atoms with Crippen LogP contribution < -0.4 is 0 Å². The number of alkyl halides is 1. The zero-order valence-corrected chi connectivity index (χ0v) is 15.3. The molecule has 0 spiro atoms. The van der Waals surface area contributed by atoms with Gasteiger partial charge in [0.05, 0.1) is 27.7 Å². The summed E-state index contributed by atoms with van der Waals surface area (Å²) in [5.41, 5.74) is 2.91. The first kappa shape index (κ1) is 16.1. The predicted molar refractivity (Wildman–Crippen MR) is 96.8 cm³/mol. The van der Waals surface area contributed by atoms with E-state index in [1.165, 1.54) is 0 Å². The lowest BCUT2D eigenvalue weighted by Gasteiger charge is -2.21. The van der Waals surface area contributed by atoms with E-state index >= 15 is 0 Å². The van der Waals surface area contributed by atoms with Crippen molar-refractivity contribution in [2.24, 2.45) is 0 Å². The fraction of sp³-hybridized carbons (Fsp3) is 0.235. The Balaban J connectivity index is 2.13. The number of hydrogen-bond acceptors (Lipinski definition) is 3. The van der Waals surface area contributed by atoms with E-state index in [1.807, 2.05) is 56.6 Å². The molecule has 0 radical (unpaired) electrons. The average molecular weight is 393 g/mol. The normalized spacial score (nSPS) is 13.7. The van der Waals surface area contributed by atoms with Crippen LogP contribution in [0.4, 0.5) is 0 Å². The molecule has 1 unspecified atom stereocenters. The van der Waals surface area contributed by atoms with Crippen molar-refractivity contribution in [3.8, 4) is 21.1 Å². The Morgan fingerprint density at radius 1 is 1.26 bits per heavy atom. The van der Waals surface area contributed by atoms with Crippen LogP contribution in [-0.4, -0.2) is 22.5 Å². The molecule has 1 atom stereocenters. The molecule has 0 fully saturated rings. The topological polar surface area (TPSA) is 57.9 Å². The van der Waals surface area contributed by atoms with Crippen LogP contribution in [-0.2, 0) is 13.9 Å². The molecule has 4 nitrogen and oxygen atoms in total. The zero-order chi connectivity index (χ0) is 16.4. The third-order valence-corrected chi connectivity index (χ3v) is 5.56. The fourth-order valence-electron chi connectivity index (χ4n) is 2.40. The largest absolute Gasteiger partial charge is 0.465 e. The van der Waals surface area contributed by atoms with Gasteiger partial charge in [-0.15, -0.1) is 11.3 Å². The molecule has 2 N–H and O–H groups in total. The summed E-state index contributed by atoms with van der Waals surface area (Å²) in [7, 11) is 0. The lowest BCUT2D eigenvalue weighted by molar-refractivity contribution is -0.145. The molecule has 120 valence electrons. The van der Waals surface area contributed by atoms with Crippen LogP contribution in [0.25, 0.3) is 21.1 Å². The Morgan fingerprint density at radius 2 is 1.91 bits per heavy atom. The van der Waals surface area contributed by atoms with Gasteiger partial charge >= 0.3 is 5.97 Å². The molecule has 0 aliphatic heterocycles. The van der Waals surface area contributed by atoms with Gasteiger partial charge in [0.15, 0.2) is 0 Å². The van der Waals surface area contributed by atoms with E-state index < -0.39 is 4.32 Å². The third kappa shape index (κ3) is 3.01. The highest BCUT2D eigenvalue weighted by Gasteiger charge is 2.37. The minimum absolute atomic E-state index is 0.288. The number of hydrogen-bond donors (Lipinski definition) is 2. The van der Waals surface area contributed by atoms with Gasteiger partial charge in [0.25, 0.3) is 0 Å². The first-order chi connectivity index (χ1) is 11.0. The highest BCUT2D eigenvalue weighted by molar-refractivity contribution is 9.10. The number of thiophene rings is 1. The molecule has 23 heavy (non-hydrogen) atoms. The van der Waals surface area contributed by atoms with Crippen molar-refractivity contribution in [2.45, 2.75) is 18.2 Å². The van der Waals surface area contributed by atoms with Crippen LogP contribution in [0.1, 0.15) is 19.4 Å². The molecular weight excluding hydrogens is 376 g/mol. The van der Waals surface area contributed by atoms with Crippen molar-refractivity contribution < 1.29 is 9.53 Å². The van der Waals surface area contributed by atoms with Gasteiger partial charge in [-0.25, -0.2) is 0 Å². The highest BCUT2D eigenvalue weighted by Crippen LogP contribution is 2.45. The Kier molecular flexibility index (Phi) is 4.46. The van der Waals surface area contributed by atoms with Gasteiger partial charge < -0.3 is 14.7 Å². The van der Waals surface area contributed by atoms with Gasteiger partial charge in [0, 0.05) is 18.0 Å². The number of H-pyrrole nitrogens is 2. The third-order valence-electron chi connectivity index (χ3n) is 3.60. The second-order valence-corrected chi connectivity index (χ2v) is 7.88. The van der Waals surface area contributed by atoms with Crippen LogP contribution in [0.2, 0.25) is 0 Å². The number of rotatable bonds is 5. The molecule has 3 heterocycles. The Hall–Kier alpha value is -1.79. The fourth-order valence-corrected chi connectivity index (χ4v) is 4.21. The number of carbonyl (C=O) groups excluding carboxylic acids is 1. The molecule has 3 aromatic heterocycles. The van der Waals surface area contributed by atoms with Crippen molar-refractivity contribution in [3.63, 3.8) is 0 Å². The van der Waals surface area contributed by atoms with Crippen LogP contribution in [0.15, 0.2) is 42.7 Å². The monoisotopic (exact) mass is 392 g/mol. The maximum atomic E-state index is 12.4. The van der Waals surface area contributed by atoms with E-state index in [0.29, 0.717) is 6.61 Å². The van der Waals surface area contributed by atoms with Crippen molar-refractivity contribution in [3.05, 3.63) is 48.3 Å². The summed E-state index contributed by atoms with van der Waals surface area (Å²) in [5, 5.41) is 0. The molecule has 6 heteroatoms. The molecule has 3 aromatic rings. The first-order valence-electron chi connectivity index (χ1n) is 7.32. The van der Waals surface area contributed by atoms with Crippen molar-refractivity contribution >= 4 is 33.2 Å². The number of aromatic nitrogens is 2. The second-order valence-electron chi connectivity index (χ2n) is 5.24. The molecule has 0 aromatic carbocycles. The van der Waals surface area contributed by atoms with Crippen LogP contribution in [0.3, 0.4) is 0 Å². The lowest BCUT2D eigenvalue weighted by atomic mass is 10.00. The predicted octanol–water partition coefficient (Wildman–Crippen LogP) is 4.91. The molecule has 0 aliphatic carbocycles. The van der Waals surface area contributed by atoms with E-state index in [-0.39, 0.29) is 5.97 Å². The molecule has 0 aliphatic rings. The summed E-state index contributed by atoms with van der Waals surface area (Å²) >= 11 is 5.21. The van der Waals surface area contributed by atoms with E-state index in [1.54, 1.807) is 11.3 Å². The van der Waals surface area contributed by atoms with E-state index in [0.717, 1.165) is 26.7 Å². The number of nitrogens with one attached hydrogen (secondary N) is 2. The van der Waals surface area contributed by atoms with Gasteiger partial charge in [0.2, 0.25) is 0 Å². The van der Waals surface area contributed by atoms with Gasteiger partial charge in [-0.05, 0) is 44.2 Å². The minimum atomic E-state index is -0.898. The summed E-state index contributed by atoms with van der Waals surface area (Å²) < 4.78 is 4.34. The van der Waals surface area contributed by atoms with E-state index in [2.05, 4.69) is 25.9 Å².